The summed E-state index contributed by atoms with van der Waals surface area (Å²) in [5, 5.41) is 6.41. The zero-order valence-corrected chi connectivity index (χ0v) is 13.7. The van der Waals surface area contributed by atoms with Crippen molar-refractivity contribution in [3.8, 4) is 11.5 Å². The molecule has 0 N–H and O–H groups in total. The number of ether oxygens (including phenoxy) is 1. The molecule has 0 saturated carbocycles. The van der Waals surface area contributed by atoms with Gasteiger partial charge in [0.25, 0.3) is 0 Å². The lowest BCUT2D eigenvalue weighted by Gasteiger charge is -2.12. The van der Waals surface area contributed by atoms with Gasteiger partial charge < -0.3 is 4.74 Å². The summed E-state index contributed by atoms with van der Waals surface area (Å²) in [6.07, 6.45) is 1.85. The molecule has 3 aromatic rings. The van der Waals surface area contributed by atoms with Crippen LogP contribution in [0.25, 0.3) is 0 Å². The largest absolute Gasteiger partial charge is 0.457 e. The molecule has 0 aliphatic rings. The number of hydrogen-bond acceptors (Lipinski definition) is 3. The smallest absolute Gasteiger partial charge is 0.128 e. The molecule has 0 unspecified atom stereocenters. The maximum absolute atomic E-state index is 5.85. The maximum atomic E-state index is 5.85. The molecule has 3 aromatic carbocycles. The Balaban J connectivity index is 1.63. The van der Waals surface area contributed by atoms with Crippen molar-refractivity contribution in [2.24, 2.45) is 5.10 Å². The Bertz CT molecular complexity index is 785. The van der Waals surface area contributed by atoms with Crippen LogP contribution in [-0.2, 0) is 6.54 Å². The third-order valence-electron chi connectivity index (χ3n) is 3.50. The normalized spacial score (nSPS) is 10.7. The van der Waals surface area contributed by atoms with Crippen LogP contribution in [-0.4, -0.2) is 18.3 Å². The third-order valence-corrected chi connectivity index (χ3v) is 3.50. The van der Waals surface area contributed by atoms with E-state index in [0.717, 1.165) is 23.6 Å². The van der Waals surface area contributed by atoms with E-state index in [0.29, 0.717) is 0 Å². The topological polar surface area (TPSA) is 24.8 Å². The summed E-state index contributed by atoms with van der Waals surface area (Å²) < 4.78 is 5.85. The highest BCUT2D eigenvalue weighted by Gasteiger charge is 1.99. The lowest BCUT2D eigenvalue weighted by molar-refractivity contribution is 0.349. The van der Waals surface area contributed by atoms with Gasteiger partial charge in [-0.1, -0.05) is 60.7 Å². The fourth-order valence-corrected chi connectivity index (χ4v) is 2.34. The number of rotatable bonds is 6. The van der Waals surface area contributed by atoms with Crippen molar-refractivity contribution >= 4 is 6.21 Å². The first-order valence-corrected chi connectivity index (χ1v) is 7.91. The number of para-hydroxylation sites is 1. The molecule has 3 heteroatoms. The van der Waals surface area contributed by atoms with Crippen LogP contribution >= 0.6 is 0 Å². The minimum atomic E-state index is 0.775. The highest BCUT2D eigenvalue weighted by molar-refractivity contribution is 5.80. The van der Waals surface area contributed by atoms with E-state index in [4.69, 9.17) is 4.74 Å². The minimum absolute atomic E-state index is 0.775. The van der Waals surface area contributed by atoms with Crippen molar-refractivity contribution in [3.63, 3.8) is 0 Å². The van der Waals surface area contributed by atoms with Crippen molar-refractivity contribution in [1.82, 2.24) is 5.01 Å². The Kier molecular flexibility index (Phi) is 5.25. The summed E-state index contributed by atoms with van der Waals surface area (Å²) in [7, 11) is 1.97. The van der Waals surface area contributed by atoms with Gasteiger partial charge in [-0.15, -0.1) is 0 Å². The molecule has 0 aliphatic carbocycles. The zero-order valence-electron chi connectivity index (χ0n) is 13.7. The van der Waals surface area contributed by atoms with E-state index in [1.165, 1.54) is 5.56 Å². The summed E-state index contributed by atoms with van der Waals surface area (Å²) in [4.78, 5) is 0. The van der Waals surface area contributed by atoms with Crippen molar-refractivity contribution in [1.29, 1.82) is 0 Å². The van der Waals surface area contributed by atoms with E-state index in [9.17, 15) is 0 Å². The monoisotopic (exact) mass is 316 g/mol. The molecule has 0 radical (unpaired) electrons. The molecule has 120 valence electrons. The summed E-state index contributed by atoms with van der Waals surface area (Å²) in [5.41, 5.74) is 2.24. The molecule has 0 fully saturated rings. The Morgan fingerprint density at radius 2 is 1.50 bits per heavy atom. The standard InChI is InChI=1S/C21H20N2O/c1-23(17-18-9-4-2-5-10-18)22-16-19-11-8-14-21(15-19)24-20-12-6-3-7-13-20/h2-16H,17H2,1H3. The number of nitrogens with zero attached hydrogens (tertiary/aromatic N) is 2. The van der Waals surface area contributed by atoms with Gasteiger partial charge >= 0.3 is 0 Å². The fraction of sp³-hybridized carbons (Fsp3) is 0.0952. The molecule has 0 aromatic heterocycles. The second-order valence-electron chi connectivity index (χ2n) is 5.53. The van der Waals surface area contributed by atoms with Crippen LogP contribution in [0.3, 0.4) is 0 Å². The number of hydrazone groups is 1. The van der Waals surface area contributed by atoms with Crippen LogP contribution in [0.1, 0.15) is 11.1 Å². The van der Waals surface area contributed by atoms with E-state index in [2.05, 4.69) is 17.2 Å². The summed E-state index contributed by atoms with van der Waals surface area (Å²) in [6, 6.07) is 28.0. The van der Waals surface area contributed by atoms with Crippen LogP contribution in [0.15, 0.2) is 90.0 Å². The van der Waals surface area contributed by atoms with Crippen LogP contribution < -0.4 is 4.74 Å². The van der Waals surface area contributed by atoms with Crippen LogP contribution in [0.4, 0.5) is 0 Å². The summed E-state index contributed by atoms with van der Waals surface area (Å²) in [5.74, 6) is 1.63. The first-order chi connectivity index (χ1) is 11.8. The van der Waals surface area contributed by atoms with Crippen molar-refractivity contribution < 1.29 is 4.74 Å². The van der Waals surface area contributed by atoms with Gasteiger partial charge in [-0.2, -0.15) is 5.10 Å². The Morgan fingerprint density at radius 1 is 0.833 bits per heavy atom. The van der Waals surface area contributed by atoms with E-state index in [-0.39, 0.29) is 0 Å². The van der Waals surface area contributed by atoms with Crippen LogP contribution in [0.5, 0.6) is 11.5 Å². The molecule has 3 rings (SSSR count). The highest BCUT2D eigenvalue weighted by Crippen LogP contribution is 2.21. The first kappa shape index (κ1) is 15.8. The van der Waals surface area contributed by atoms with Gasteiger partial charge in [0.05, 0.1) is 12.8 Å². The molecular weight excluding hydrogens is 296 g/mol. The molecule has 0 saturated heterocycles. The molecule has 3 nitrogen and oxygen atoms in total. The van der Waals surface area contributed by atoms with Gasteiger partial charge in [0.2, 0.25) is 0 Å². The van der Waals surface area contributed by atoms with Crippen LogP contribution in [0.2, 0.25) is 0 Å². The second kappa shape index (κ2) is 7.97. The number of benzene rings is 3. The van der Waals surface area contributed by atoms with Gasteiger partial charge in [0, 0.05) is 7.05 Å². The van der Waals surface area contributed by atoms with Gasteiger partial charge in [-0.3, -0.25) is 5.01 Å². The van der Waals surface area contributed by atoms with Crippen molar-refractivity contribution in [2.75, 3.05) is 7.05 Å². The Morgan fingerprint density at radius 3 is 2.25 bits per heavy atom. The van der Waals surface area contributed by atoms with E-state index < -0.39 is 0 Å². The average molecular weight is 316 g/mol. The molecule has 0 aliphatic heterocycles. The predicted molar refractivity (Wildman–Crippen MR) is 98.5 cm³/mol. The lowest BCUT2D eigenvalue weighted by atomic mass is 10.2. The zero-order chi connectivity index (χ0) is 16.6. The van der Waals surface area contributed by atoms with E-state index in [1.54, 1.807) is 0 Å². The lowest BCUT2D eigenvalue weighted by Crippen LogP contribution is -2.10. The summed E-state index contributed by atoms with van der Waals surface area (Å²) >= 11 is 0. The van der Waals surface area contributed by atoms with Crippen molar-refractivity contribution in [2.45, 2.75) is 6.54 Å². The molecule has 0 amide bonds. The SMILES string of the molecule is CN(Cc1ccccc1)N=Cc1cccc(Oc2ccccc2)c1. The fourth-order valence-electron chi connectivity index (χ4n) is 2.34. The van der Waals surface area contributed by atoms with Crippen LogP contribution in [0, 0.1) is 0 Å². The third kappa shape index (κ3) is 4.71. The van der Waals surface area contributed by atoms with Gasteiger partial charge in [-0.25, -0.2) is 0 Å². The predicted octanol–water partition coefficient (Wildman–Crippen LogP) is 4.94. The average Bonchev–Trinajstić information content (AvgIpc) is 2.62. The second-order valence-corrected chi connectivity index (χ2v) is 5.53. The molecule has 0 bridgehead atoms. The Labute approximate surface area is 142 Å². The van der Waals surface area contributed by atoms with Crippen molar-refractivity contribution in [3.05, 3.63) is 96.1 Å². The summed E-state index contributed by atoms with van der Waals surface area (Å²) in [6.45, 7) is 0.775. The Hall–Kier alpha value is -3.07. The quantitative estimate of drug-likeness (QED) is 0.475. The highest BCUT2D eigenvalue weighted by atomic mass is 16.5. The molecule has 0 atom stereocenters. The molecular formula is C21H20N2O. The minimum Gasteiger partial charge on any atom is -0.457 e. The van der Waals surface area contributed by atoms with Gasteiger partial charge in [0.1, 0.15) is 11.5 Å². The molecule has 0 spiro atoms. The first-order valence-electron chi connectivity index (χ1n) is 7.91. The van der Waals surface area contributed by atoms with E-state index in [1.807, 2.05) is 91.1 Å². The van der Waals surface area contributed by atoms with Gasteiger partial charge in [0.15, 0.2) is 0 Å². The molecule has 24 heavy (non-hydrogen) atoms. The molecule has 0 heterocycles. The van der Waals surface area contributed by atoms with E-state index >= 15 is 0 Å². The van der Waals surface area contributed by atoms with Gasteiger partial charge in [-0.05, 0) is 35.4 Å². The number of hydrogen-bond donors (Lipinski definition) is 0. The maximum Gasteiger partial charge on any atom is 0.128 e.